The summed E-state index contributed by atoms with van der Waals surface area (Å²) in [6.07, 6.45) is -0.858. The highest BCUT2D eigenvalue weighted by molar-refractivity contribution is 9.10. The molecule has 28 heavy (non-hydrogen) atoms. The summed E-state index contributed by atoms with van der Waals surface area (Å²) in [4.78, 5) is 25.6. The van der Waals surface area contributed by atoms with Crippen LogP contribution in [-0.2, 0) is 16.0 Å². The second kappa shape index (κ2) is 8.98. The molecule has 0 fully saturated rings. The van der Waals surface area contributed by atoms with E-state index >= 15 is 0 Å². The van der Waals surface area contributed by atoms with Crippen LogP contribution in [0.25, 0.3) is 0 Å². The number of carbonyl (C=O) groups is 2. The summed E-state index contributed by atoms with van der Waals surface area (Å²) in [5.74, 6) is -0.665. The van der Waals surface area contributed by atoms with E-state index in [4.69, 9.17) is 4.74 Å². The molecule has 0 amide bonds. The van der Waals surface area contributed by atoms with Crippen molar-refractivity contribution in [3.8, 4) is 0 Å². The molecule has 0 bridgehead atoms. The van der Waals surface area contributed by atoms with Crippen LogP contribution < -0.4 is 0 Å². The molecule has 1 atom stereocenters. The fourth-order valence-corrected chi connectivity index (χ4v) is 3.09. The third-order valence-corrected chi connectivity index (χ3v) is 4.99. The van der Waals surface area contributed by atoms with Gasteiger partial charge in [-0.1, -0.05) is 87.7 Å². The Morgan fingerprint density at radius 2 is 1.36 bits per heavy atom. The highest BCUT2D eigenvalue weighted by Crippen LogP contribution is 2.24. The van der Waals surface area contributed by atoms with Gasteiger partial charge in [-0.05, 0) is 31.5 Å². The SMILES string of the molecule is Cc1ccc(C(=O)[C@@H](OC(=O)Cc2ccc(Br)cc2)c2ccc(C)cc2)cc1. The van der Waals surface area contributed by atoms with Gasteiger partial charge in [-0.2, -0.15) is 0 Å². The van der Waals surface area contributed by atoms with E-state index in [2.05, 4.69) is 15.9 Å². The van der Waals surface area contributed by atoms with Gasteiger partial charge in [0.1, 0.15) is 0 Å². The molecule has 0 heterocycles. The number of esters is 1. The predicted molar refractivity (Wildman–Crippen MR) is 113 cm³/mol. The van der Waals surface area contributed by atoms with Crippen LogP contribution in [0.15, 0.2) is 77.3 Å². The van der Waals surface area contributed by atoms with E-state index in [0.717, 1.165) is 21.2 Å². The summed E-state index contributed by atoms with van der Waals surface area (Å²) in [6, 6.07) is 22.2. The Hall–Kier alpha value is -2.72. The number of halogens is 1. The van der Waals surface area contributed by atoms with Gasteiger partial charge < -0.3 is 4.74 Å². The van der Waals surface area contributed by atoms with E-state index < -0.39 is 12.1 Å². The van der Waals surface area contributed by atoms with Crippen molar-refractivity contribution in [1.82, 2.24) is 0 Å². The van der Waals surface area contributed by atoms with Gasteiger partial charge in [0, 0.05) is 15.6 Å². The first-order valence-corrected chi connectivity index (χ1v) is 9.83. The molecule has 0 aliphatic carbocycles. The van der Waals surface area contributed by atoms with Crippen LogP contribution in [0.3, 0.4) is 0 Å². The molecular formula is C24H21BrO3. The molecule has 0 saturated heterocycles. The zero-order valence-corrected chi connectivity index (χ0v) is 17.4. The fraction of sp³-hybridized carbons (Fsp3) is 0.167. The van der Waals surface area contributed by atoms with Crippen molar-refractivity contribution in [3.63, 3.8) is 0 Å². The van der Waals surface area contributed by atoms with Crippen molar-refractivity contribution in [2.24, 2.45) is 0 Å². The van der Waals surface area contributed by atoms with E-state index in [1.54, 1.807) is 12.1 Å². The van der Waals surface area contributed by atoms with Gasteiger partial charge in [-0.15, -0.1) is 0 Å². The predicted octanol–water partition coefficient (Wildman–Crippen LogP) is 5.78. The Balaban J connectivity index is 1.84. The minimum atomic E-state index is -0.966. The molecule has 0 radical (unpaired) electrons. The lowest BCUT2D eigenvalue weighted by atomic mass is 9.98. The molecule has 0 aliphatic rings. The van der Waals surface area contributed by atoms with Crippen LogP contribution in [0.4, 0.5) is 0 Å². The second-order valence-corrected chi connectivity index (χ2v) is 7.73. The highest BCUT2D eigenvalue weighted by Gasteiger charge is 2.26. The zero-order chi connectivity index (χ0) is 20.1. The number of aryl methyl sites for hydroxylation is 2. The summed E-state index contributed by atoms with van der Waals surface area (Å²) in [5.41, 5.74) is 4.16. The van der Waals surface area contributed by atoms with Crippen molar-refractivity contribution < 1.29 is 14.3 Å². The molecule has 0 N–H and O–H groups in total. The maximum absolute atomic E-state index is 13.1. The summed E-state index contributed by atoms with van der Waals surface area (Å²) in [7, 11) is 0. The Morgan fingerprint density at radius 3 is 1.93 bits per heavy atom. The van der Waals surface area contributed by atoms with Crippen molar-refractivity contribution in [2.45, 2.75) is 26.4 Å². The molecule has 0 aliphatic heterocycles. The van der Waals surface area contributed by atoms with E-state index in [1.807, 2.05) is 74.5 Å². The molecule has 142 valence electrons. The van der Waals surface area contributed by atoms with Crippen molar-refractivity contribution in [2.75, 3.05) is 0 Å². The minimum Gasteiger partial charge on any atom is -0.449 e. The van der Waals surface area contributed by atoms with Crippen molar-refractivity contribution >= 4 is 27.7 Å². The first-order chi connectivity index (χ1) is 13.4. The monoisotopic (exact) mass is 436 g/mol. The lowest BCUT2D eigenvalue weighted by molar-refractivity contribution is -0.146. The van der Waals surface area contributed by atoms with Crippen molar-refractivity contribution in [1.29, 1.82) is 0 Å². The number of hydrogen-bond donors (Lipinski definition) is 0. The number of hydrogen-bond acceptors (Lipinski definition) is 3. The average Bonchev–Trinajstić information content (AvgIpc) is 2.69. The van der Waals surface area contributed by atoms with Gasteiger partial charge in [0.15, 0.2) is 6.10 Å². The van der Waals surface area contributed by atoms with Crippen LogP contribution in [0.2, 0.25) is 0 Å². The molecule has 0 unspecified atom stereocenters. The zero-order valence-electron chi connectivity index (χ0n) is 15.8. The molecular weight excluding hydrogens is 416 g/mol. The fourth-order valence-electron chi connectivity index (χ4n) is 2.83. The summed E-state index contributed by atoms with van der Waals surface area (Å²) in [5, 5.41) is 0. The van der Waals surface area contributed by atoms with Crippen LogP contribution in [-0.4, -0.2) is 11.8 Å². The molecule has 0 aromatic heterocycles. The number of benzene rings is 3. The van der Waals surface area contributed by atoms with Crippen LogP contribution in [0.1, 0.15) is 38.7 Å². The smallest absolute Gasteiger partial charge is 0.311 e. The third-order valence-electron chi connectivity index (χ3n) is 4.47. The molecule has 4 heteroatoms. The topological polar surface area (TPSA) is 43.4 Å². The quantitative estimate of drug-likeness (QED) is 0.363. The van der Waals surface area contributed by atoms with E-state index in [0.29, 0.717) is 11.1 Å². The van der Waals surface area contributed by atoms with Gasteiger partial charge in [0.05, 0.1) is 6.42 Å². The van der Waals surface area contributed by atoms with Crippen LogP contribution in [0, 0.1) is 13.8 Å². The Kier molecular flexibility index (Phi) is 6.42. The largest absolute Gasteiger partial charge is 0.449 e. The van der Waals surface area contributed by atoms with Gasteiger partial charge in [0.25, 0.3) is 0 Å². The maximum atomic E-state index is 13.1. The molecule has 3 nitrogen and oxygen atoms in total. The number of ether oxygens (including phenoxy) is 1. The van der Waals surface area contributed by atoms with Crippen LogP contribution in [0.5, 0.6) is 0 Å². The normalized spacial score (nSPS) is 11.7. The second-order valence-electron chi connectivity index (χ2n) is 6.81. The first kappa shape index (κ1) is 20.0. The molecule has 3 aromatic carbocycles. The molecule has 0 spiro atoms. The Labute approximate surface area is 173 Å². The van der Waals surface area contributed by atoms with Gasteiger partial charge in [0.2, 0.25) is 5.78 Å². The number of ketones is 1. The number of rotatable bonds is 6. The van der Waals surface area contributed by atoms with Crippen LogP contribution >= 0.6 is 15.9 Å². The van der Waals surface area contributed by atoms with E-state index in [1.165, 1.54) is 0 Å². The van der Waals surface area contributed by atoms with Crippen molar-refractivity contribution in [3.05, 3.63) is 105 Å². The third kappa shape index (κ3) is 5.17. The van der Waals surface area contributed by atoms with E-state index in [-0.39, 0.29) is 12.2 Å². The summed E-state index contributed by atoms with van der Waals surface area (Å²) >= 11 is 3.38. The number of Topliss-reactive ketones (excluding diaryl/α,β-unsaturated/α-hetero) is 1. The highest BCUT2D eigenvalue weighted by atomic mass is 79.9. The Bertz CT molecular complexity index is 958. The van der Waals surface area contributed by atoms with E-state index in [9.17, 15) is 9.59 Å². The maximum Gasteiger partial charge on any atom is 0.311 e. The lowest BCUT2D eigenvalue weighted by Gasteiger charge is -2.18. The molecule has 0 saturated carbocycles. The van der Waals surface area contributed by atoms with Gasteiger partial charge in [-0.25, -0.2) is 0 Å². The first-order valence-electron chi connectivity index (χ1n) is 9.04. The number of carbonyl (C=O) groups excluding carboxylic acids is 2. The average molecular weight is 437 g/mol. The van der Waals surface area contributed by atoms with Gasteiger partial charge >= 0.3 is 5.97 Å². The Morgan fingerprint density at radius 1 is 0.821 bits per heavy atom. The summed E-state index contributed by atoms with van der Waals surface area (Å²) < 4.78 is 6.60. The standard InChI is InChI=1S/C24H21BrO3/c1-16-3-9-19(10-4-16)23(27)24(20-11-5-17(2)6-12-20)28-22(26)15-18-7-13-21(25)14-8-18/h3-14,24H,15H2,1-2H3/t24-/m0/s1. The lowest BCUT2D eigenvalue weighted by Crippen LogP contribution is -2.21. The molecule has 3 aromatic rings. The van der Waals surface area contributed by atoms with Gasteiger partial charge in [-0.3, -0.25) is 9.59 Å². The summed E-state index contributed by atoms with van der Waals surface area (Å²) in [6.45, 7) is 3.93. The molecule has 3 rings (SSSR count). The minimum absolute atomic E-state index is 0.108.